The number of thiazole rings is 1. The van der Waals surface area contributed by atoms with E-state index in [1.54, 1.807) is 6.07 Å². The summed E-state index contributed by atoms with van der Waals surface area (Å²) < 4.78 is 6.75. The number of benzene rings is 2. The lowest BCUT2D eigenvalue weighted by Crippen LogP contribution is -2.32. The highest BCUT2D eigenvalue weighted by Gasteiger charge is 2.20. The van der Waals surface area contributed by atoms with Crippen molar-refractivity contribution in [3.8, 4) is 5.75 Å². The molecule has 0 fully saturated rings. The SMILES string of the molecule is CCC(Oc1cccc(C)c1)C(=O)Nc1nc2ccc(Cl)cc2s1. The minimum Gasteiger partial charge on any atom is -0.481 e. The zero-order chi connectivity index (χ0) is 17.1. The van der Waals surface area contributed by atoms with Crippen molar-refractivity contribution in [3.63, 3.8) is 0 Å². The Bertz CT molecular complexity index is 878. The molecule has 1 amide bonds. The van der Waals surface area contributed by atoms with E-state index in [1.165, 1.54) is 11.3 Å². The first-order valence-electron chi connectivity index (χ1n) is 7.65. The molecule has 1 heterocycles. The van der Waals surface area contributed by atoms with Gasteiger partial charge < -0.3 is 4.74 Å². The lowest BCUT2D eigenvalue weighted by Gasteiger charge is -2.16. The summed E-state index contributed by atoms with van der Waals surface area (Å²) in [4.78, 5) is 16.9. The van der Waals surface area contributed by atoms with E-state index in [2.05, 4.69) is 10.3 Å². The first-order chi connectivity index (χ1) is 11.5. The number of hydrogen-bond acceptors (Lipinski definition) is 4. The molecule has 4 nitrogen and oxygen atoms in total. The molecule has 0 saturated heterocycles. The fraction of sp³-hybridized carbons (Fsp3) is 0.222. The van der Waals surface area contributed by atoms with Crippen LogP contribution in [-0.4, -0.2) is 17.0 Å². The Kier molecular flexibility index (Phi) is 5.02. The molecule has 0 aliphatic rings. The molecule has 0 aliphatic carbocycles. The summed E-state index contributed by atoms with van der Waals surface area (Å²) in [6.07, 6.45) is -0.00125. The topological polar surface area (TPSA) is 51.2 Å². The fourth-order valence-electron chi connectivity index (χ4n) is 2.31. The van der Waals surface area contributed by atoms with E-state index in [0.717, 1.165) is 15.8 Å². The highest BCUT2D eigenvalue weighted by atomic mass is 35.5. The lowest BCUT2D eigenvalue weighted by molar-refractivity contribution is -0.122. The summed E-state index contributed by atoms with van der Waals surface area (Å²) in [6.45, 7) is 3.90. The third kappa shape index (κ3) is 3.86. The molecular weight excluding hydrogens is 344 g/mol. The molecular formula is C18H17ClN2O2S. The second-order valence-corrected chi connectivity index (χ2v) is 6.92. The van der Waals surface area contributed by atoms with Crippen LogP contribution >= 0.6 is 22.9 Å². The molecule has 124 valence electrons. The van der Waals surface area contributed by atoms with Crippen molar-refractivity contribution in [1.82, 2.24) is 4.98 Å². The first-order valence-corrected chi connectivity index (χ1v) is 8.85. The number of aryl methyl sites for hydroxylation is 1. The summed E-state index contributed by atoms with van der Waals surface area (Å²) in [6, 6.07) is 13.1. The molecule has 2 aromatic carbocycles. The maximum atomic E-state index is 12.5. The van der Waals surface area contributed by atoms with Crippen molar-refractivity contribution in [2.24, 2.45) is 0 Å². The summed E-state index contributed by atoms with van der Waals surface area (Å²) in [5.41, 5.74) is 1.90. The predicted molar refractivity (Wildman–Crippen MR) is 99.1 cm³/mol. The molecule has 0 saturated carbocycles. The standard InChI is InChI=1S/C18H17ClN2O2S/c1-3-15(23-13-6-4-5-11(2)9-13)17(22)21-18-20-14-8-7-12(19)10-16(14)24-18/h4-10,15H,3H2,1-2H3,(H,20,21,22). The zero-order valence-corrected chi connectivity index (χ0v) is 14.9. The van der Waals surface area contributed by atoms with E-state index in [4.69, 9.17) is 16.3 Å². The Labute approximate surface area is 149 Å². The highest BCUT2D eigenvalue weighted by molar-refractivity contribution is 7.22. The van der Waals surface area contributed by atoms with Gasteiger partial charge in [0, 0.05) is 5.02 Å². The number of nitrogens with zero attached hydrogens (tertiary/aromatic N) is 1. The number of ether oxygens (including phenoxy) is 1. The minimum atomic E-state index is -0.567. The molecule has 1 N–H and O–H groups in total. The number of amides is 1. The minimum absolute atomic E-state index is 0.204. The maximum absolute atomic E-state index is 12.5. The number of nitrogens with one attached hydrogen (secondary N) is 1. The average molecular weight is 361 g/mol. The molecule has 3 rings (SSSR count). The molecule has 1 atom stereocenters. The van der Waals surface area contributed by atoms with Crippen molar-refractivity contribution in [3.05, 3.63) is 53.1 Å². The quantitative estimate of drug-likeness (QED) is 0.692. The Morgan fingerprint density at radius 2 is 2.17 bits per heavy atom. The Balaban J connectivity index is 1.73. The first kappa shape index (κ1) is 16.7. The Morgan fingerprint density at radius 1 is 1.33 bits per heavy atom. The zero-order valence-electron chi connectivity index (χ0n) is 13.4. The van der Waals surface area contributed by atoms with Gasteiger partial charge in [0.1, 0.15) is 5.75 Å². The molecule has 0 aliphatic heterocycles. The van der Waals surface area contributed by atoms with E-state index in [9.17, 15) is 4.79 Å². The van der Waals surface area contributed by atoms with Gasteiger partial charge in [0.2, 0.25) is 0 Å². The lowest BCUT2D eigenvalue weighted by atomic mass is 10.2. The van der Waals surface area contributed by atoms with Crippen molar-refractivity contribution in [2.75, 3.05) is 5.32 Å². The average Bonchev–Trinajstić information content (AvgIpc) is 2.93. The van der Waals surface area contributed by atoms with Crippen LogP contribution in [0.4, 0.5) is 5.13 Å². The third-order valence-corrected chi connectivity index (χ3v) is 4.68. The number of rotatable bonds is 5. The molecule has 24 heavy (non-hydrogen) atoms. The van der Waals surface area contributed by atoms with Gasteiger partial charge in [0.05, 0.1) is 10.2 Å². The number of hydrogen-bond donors (Lipinski definition) is 1. The molecule has 0 spiro atoms. The monoisotopic (exact) mass is 360 g/mol. The van der Waals surface area contributed by atoms with Crippen molar-refractivity contribution < 1.29 is 9.53 Å². The number of anilines is 1. The van der Waals surface area contributed by atoms with Gasteiger partial charge in [-0.1, -0.05) is 42.0 Å². The number of carbonyl (C=O) groups is 1. The molecule has 6 heteroatoms. The van der Waals surface area contributed by atoms with Crippen LogP contribution in [-0.2, 0) is 4.79 Å². The Hall–Kier alpha value is -2.11. The highest BCUT2D eigenvalue weighted by Crippen LogP contribution is 2.28. The van der Waals surface area contributed by atoms with Gasteiger partial charge in [0.15, 0.2) is 11.2 Å². The van der Waals surface area contributed by atoms with Gasteiger partial charge in [-0.2, -0.15) is 0 Å². The van der Waals surface area contributed by atoms with Gasteiger partial charge >= 0.3 is 0 Å². The predicted octanol–water partition coefficient (Wildman–Crippen LogP) is 5.05. The van der Waals surface area contributed by atoms with Crippen LogP contribution in [0, 0.1) is 6.92 Å². The van der Waals surface area contributed by atoms with Crippen molar-refractivity contribution in [1.29, 1.82) is 0 Å². The summed E-state index contributed by atoms with van der Waals surface area (Å²) in [7, 11) is 0. The summed E-state index contributed by atoms with van der Waals surface area (Å²) in [5.74, 6) is 0.484. The third-order valence-electron chi connectivity index (χ3n) is 3.51. The number of aromatic nitrogens is 1. The molecule has 3 aromatic rings. The van der Waals surface area contributed by atoms with E-state index in [-0.39, 0.29) is 5.91 Å². The van der Waals surface area contributed by atoms with Crippen molar-refractivity contribution in [2.45, 2.75) is 26.4 Å². The summed E-state index contributed by atoms with van der Waals surface area (Å²) >= 11 is 7.37. The van der Waals surface area contributed by atoms with E-state index in [1.807, 2.05) is 50.2 Å². The largest absolute Gasteiger partial charge is 0.481 e. The van der Waals surface area contributed by atoms with Crippen LogP contribution in [0.5, 0.6) is 5.75 Å². The molecule has 0 radical (unpaired) electrons. The van der Waals surface area contributed by atoms with Crippen LogP contribution in [0.25, 0.3) is 10.2 Å². The van der Waals surface area contributed by atoms with E-state index >= 15 is 0 Å². The van der Waals surface area contributed by atoms with Crippen LogP contribution in [0.15, 0.2) is 42.5 Å². The van der Waals surface area contributed by atoms with E-state index in [0.29, 0.717) is 22.3 Å². The molecule has 1 unspecified atom stereocenters. The second-order valence-electron chi connectivity index (χ2n) is 5.45. The van der Waals surface area contributed by atoms with Crippen LogP contribution in [0.1, 0.15) is 18.9 Å². The van der Waals surface area contributed by atoms with Gasteiger partial charge in [-0.25, -0.2) is 4.98 Å². The smallest absolute Gasteiger partial charge is 0.267 e. The maximum Gasteiger partial charge on any atom is 0.267 e. The molecule has 0 bridgehead atoms. The van der Waals surface area contributed by atoms with Crippen LogP contribution < -0.4 is 10.1 Å². The van der Waals surface area contributed by atoms with Crippen molar-refractivity contribution >= 4 is 44.2 Å². The second kappa shape index (κ2) is 7.20. The fourth-order valence-corrected chi connectivity index (χ4v) is 3.46. The van der Waals surface area contributed by atoms with E-state index < -0.39 is 6.10 Å². The van der Waals surface area contributed by atoms with Gasteiger partial charge in [-0.3, -0.25) is 10.1 Å². The molecule has 1 aromatic heterocycles. The summed E-state index contributed by atoms with van der Waals surface area (Å²) in [5, 5.41) is 4.03. The van der Waals surface area contributed by atoms with Crippen LogP contribution in [0.3, 0.4) is 0 Å². The number of carbonyl (C=O) groups excluding carboxylic acids is 1. The number of halogens is 1. The van der Waals surface area contributed by atoms with Gasteiger partial charge in [0.25, 0.3) is 5.91 Å². The number of fused-ring (bicyclic) bond motifs is 1. The van der Waals surface area contributed by atoms with Gasteiger partial charge in [-0.05, 0) is 49.2 Å². The van der Waals surface area contributed by atoms with Crippen LogP contribution in [0.2, 0.25) is 5.02 Å². The van der Waals surface area contributed by atoms with Gasteiger partial charge in [-0.15, -0.1) is 0 Å². The Morgan fingerprint density at radius 3 is 2.92 bits per heavy atom. The normalized spacial score (nSPS) is 12.1.